The van der Waals surface area contributed by atoms with Crippen molar-refractivity contribution in [2.45, 2.75) is 0 Å². The first-order chi connectivity index (χ1) is 6.77. The average Bonchev–Trinajstić information content (AvgIpc) is 2.68. The first kappa shape index (κ1) is 8.57. The summed E-state index contributed by atoms with van der Waals surface area (Å²) in [5, 5.41) is 9.63. The van der Waals surface area contributed by atoms with Crippen LogP contribution in [0, 0.1) is 12.3 Å². The molecule has 1 aliphatic rings. The maximum absolute atomic E-state index is 9.63. The predicted molar refractivity (Wildman–Crippen MR) is 48.7 cm³/mol. The number of phenols is 1. The summed E-state index contributed by atoms with van der Waals surface area (Å²) >= 11 is 0. The van der Waals surface area contributed by atoms with Gasteiger partial charge in [0.2, 0.25) is 18.3 Å². The van der Waals surface area contributed by atoms with Gasteiger partial charge in [-0.2, -0.15) is 0 Å². The van der Waals surface area contributed by atoms with Crippen LogP contribution in [0.2, 0.25) is 0 Å². The fraction of sp³-hybridized carbons (Fsp3) is 0.200. The lowest BCUT2D eigenvalue weighted by atomic mass is 10.1. The van der Waals surface area contributed by atoms with E-state index in [1.165, 1.54) is 13.2 Å². The molecule has 0 saturated carbocycles. The summed E-state index contributed by atoms with van der Waals surface area (Å²) in [6, 6.07) is 1.53. The number of phenolic OH excluding ortho intramolecular Hbond substituents is 1. The molecule has 2 rings (SSSR count). The molecule has 0 spiro atoms. The van der Waals surface area contributed by atoms with Gasteiger partial charge in [-0.15, -0.1) is 6.42 Å². The van der Waals surface area contributed by atoms with E-state index >= 15 is 0 Å². The van der Waals surface area contributed by atoms with Gasteiger partial charge in [-0.3, -0.25) is 0 Å². The van der Waals surface area contributed by atoms with Gasteiger partial charge in [0.15, 0.2) is 11.5 Å². The van der Waals surface area contributed by atoms with Crippen molar-refractivity contribution in [2.24, 2.45) is 0 Å². The lowest BCUT2D eigenvalue weighted by Gasteiger charge is -2.07. The highest BCUT2D eigenvalue weighted by Crippen LogP contribution is 2.48. The topological polar surface area (TPSA) is 47.9 Å². The summed E-state index contributed by atoms with van der Waals surface area (Å²) in [4.78, 5) is 0. The second-order valence-electron chi connectivity index (χ2n) is 2.68. The van der Waals surface area contributed by atoms with E-state index < -0.39 is 0 Å². The van der Waals surface area contributed by atoms with E-state index in [9.17, 15) is 5.11 Å². The van der Waals surface area contributed by atoms with Gasteiger partial charge in [-0.05, 0) is 0 Å². The minimum atomic E-state index is -0.0826. The molecule has 0 atom stereocenters. The molecule has 1 aliphatic heterocycles. The molecule has 1 heterocycles. The maximum Gasteiger partial charge on any atom is 0.231 e. The van der Waals surface area contributed by atoms with Gasteiger partial charge in [0.1, 0.15) is 0 Å². The molecule has 14 heavy (non-hydrogen) atoms. The van der Waals surface area contributed by atoms with Crippen molar-refractivity contribution in [3.63, 3.8) is 0 Å². The quantitative estimate of drug-likeness (QED) is 0.677. The van der Waals surface area contributed by atoms with Crippen LogP contribution in [0.5, 0.6) is 23.0 Å². The predicted octanol–water partition coefficient (Wildman–Crippen LogP) is 1.11. The van der Waals surface area contributed by atoms with E-state index in [0.717, 1.165) is 0 Å². The monoisotopic (exact) mass is 192 g/mol. The van der Waals surface area contributed by atoms with E-state index in [2.05, 4.69) is 5.92 Å². The van der Waals surface area contributed by atoms with Gasteiger partial charge in [0.25, 0.3) is 0 Å². The average molecular weight is 192 g/mol. The Kier molecular flexibility index (Phi) is 1.86. The van der Waals surface area contributed by atoms with Crippen LogP contribution in [-0.4, -0.2) is 19.0 Å². The van der Waals surface area contributed by atoms with Crippen molar-refractivity contribution in [2.75, 3.05) is 13.9 Å². The maximum atomic E-state index is 9.63. The Morgan fingerprint density at radius 3 is 2.86 bits per heavy atom. The molecular weight excluding hydrogens is 184 g/mol. The highest BCUT2D eigenvalue weighted by atomic mass is 16.7. The summed E-state index contributed by atoms with van der Waals surface area (Å²) in [6.45, 7) is 0.0628. The molecule has 0 unspecified atom stereocenters. The number of methoxy groups -OCH3 is 1. The largest absolute Gasteiger partial charge is 0.503 e. The van der Waals surface area contributed by atoms with Gasteiger partial charge in [-0.1, -0.05) is 5.92 Å². The zero-order valence-corrected chi connectivity index (χ0v) is 7.53. The Balaban J connectivity index is 2.68. The van der Waals surface area contributed by atoms with Crippen molar-refractivity contribution in [1.82, 2.24) is 0 Å². The zero-order valence-electron chi connectivity index (χ0n) is 7.53. The molecule has 4 nitrogen and oxygen atoms in total. The van der Waals surface area contributed by atoms with Crippen LogP contribution in [-0.2, 0) is 0 Å². The number of hydrogen-bond donors (Lipinski definition) is 1. The molecule has 0 bridgehead atoms. The van der Waals surface area contributed by atoms with E-state index in [1.54, 1.807) is 0 Å². The molecule has 0 aromatic heterocycles. The molecule has 0 saturated heterocycles. The van der Waals surface area contributed by atoms with Gasteiger partial charge in [-0.25, -0.2) is 0 Å². The van der Waals surface area contributed by atoms with Crippen LogP contribution >= 0.6 is 0 Å². The molecule has 0 fully saturated rings. The van der Waals surface area contributed by atoms with E-state index in [-0.39, 0.29) is 18.3 Å². The SMILES string of the molecule is C#Cc1cc(OC)c2c(c1O)OCO2. The van der Waals surface area contributed by atoms with E-state index in [1.807, 2.05) is 0 Å². The molecule has 0 radical (unpaired) electrons. The number of terminal acetylenes is 1. The molecule has 0 aliphatic carbocycles. The first-order valence-corrected chi connectivity index (χ1v) is 3.94. The summed E-state index contributed by atoms with van der Waals surface area (Å²) in [6.07, 6.45) is 5.21. The zero-order chi connectivity index (χ0) is 10.1. The number of rotatable bonds is 1. The Bertz CT molecular complexity index is 417. The second kappa shape index (κ2) is 3.04. The van der Waals surface area contributed by atoms with Gasteiger partial charge in [0.05, 0.1) is 12.7 Å². The Hall–Kier alpha value is -2.02. The summed E-state index contributed by atoms with van der Waals surface area (Å²) < 4.78 is 15.2. The molecule has 4 heteroatoms. The van der Waals surface area contributed by atoms with E-state index in [4.69, 9.17) is 20.6 Å². The van der Waals surface area contributed by atoms with Gasteiger partial charge in [0, 0.05) is 6.07 Å². The van der Waals surface area contributed by atoms with Crippen molar-refractivity contribution < 1.29 is 19.3 Å². The van der Waals surface area contributed by atoms with Crippen molar-refractivity contribution in [3.05, 3.63) is 11.6 Å². The summed E-state index contributed by atoms with van der Waals surface area (Å²) in [7, 11) is 1.49. The summed E-state index contributed by atoms with van der Waals surface area (Å²) in [5.41, 5.74) is 0.325. The van der Waals surface area contributed by atoms with Crippen molar-refractivity contribution >= 4 is 0 Å². The number of benzene rings is 1. The minimum absolute atomic E-state index is 0.0628. The van der Waals surface area contributed by atoms with Crippen LogP contribution in [0.3, 0.4) is 0 Å². The van der Waals surface area contributed by atoms with Gasteiger partial charge < -0.3 is 19.3 Å². The summed E-state index contributed by atoms with van der Waals surface area (Å²) in [5.74, 6) is 3.35. The molecule has 1 aromatic carbocycles. The van der Waals surface area contributed by atoms with Crippen molar-refractivity contribution in [1.29, 1.82) is 0 Å². The Morgan fingerprint density at radius 1 is 1.50 bits per heavy atom. The number of ether oxygens (including phenoxy) is 3. The highest BCUT2D eigenvalue weighted by molar-refractivity contribution is 5.66. The molecule has 72 valence electrons. The molecule has 0 amide bonds. The van der Waals surface area contributed by atoms with E-state index in [0.29, 0.717) is 17.1 Å². The van der Waals surface area contributed by atoms with Crippen LogP contribution in [0.1, 0.15) is 5.56 Å². The smallest absolute Gasteiger partial charge is 0.231 e. The standard InChI is InChI=1S/C10H8O4/c1-3-6-4-7(12-2)9-10(8(6)11)14-5-13-9/h1,4,11H,5H2,2H3. The normalized spacial score (nSPS) is 12.3. The molecule has 1 N–H and O–H groups in total. The number of aromatic hydroxyl groups is 1. The second-order valence-corrected chi connectivity index (χ2v) is 2.68. The first-order valence-electron chi connectivity index (χ1n) is 3.94. The lowest BCUT2D eigenvalue weighted by molar-refractivity contribution is 0.169. The fourth-order valence-corrected chi connectivity index (χ4v) is 1.29. The Labute approximate surface area is 81.0 Å². The van der Waals surface area contributed by atoms with Crippen LogP contribution in [0.15, 0.2) is 6.07 Å². The number of fused-ring (bicyclic) bond motifs is 1. The molecule has 1 aromatic rings. The van der Waals surface area contributed by atoms with Crippen LogP contribution in [0.4, 0.5) is 0 Å². The fourth-order valence-electron chi connectivity index (χ4n) is 1.29. The highest BCUT2D eigenvalue weighted by Gasteiger charge is 2.25. The third kappa shape index (κ3) is 1.03. The van der Waals surface area contributed by atoms with Gasteiger partial charge >= 0.3 is 0 Å². The van der Waals surface area contributed by atoms with Crippen molar-refractivity contribution in [3.8, 4) is 35.3 Å². The van der Waals surface area contributed by atoms with Crippen LogP contribution in [0.25, 0.3) is 0 Å². The third-order valence-electron chi connectivity index (χ3n) is 1.96. The molecular formula is C10H8O4. The third-order valence-corrected chi connectivity index (χ3v) is 1.96. The Morgan fingerprint density at radius 2 is 2.21 bits per heavy atom. The minimum Gasteiger partial charge on any atom is -0.503 e. The number of hydrogen-bond acceptors (Lipinski definition) is 4. The van der Waals surface area contributed by atoms with Crippen LogP contribution < -0.4 is 14.2 Å². The lowest BCUT2D eigenvalue weighted by Crippen LogP contribution is -1.93.